The van der Waals surface area contributed by atoms with Crippen LogP contribution in [0.3, 0.4) is 0 Å². The molecule has 1 aromatic rings. The molecule has 1 unspecified atom stereocenters. The van der Waals surface area contributed by atoms with Crippen LogP contribution in [-0.4, -0.2) is 20.8 Å². The minimum Gasteiger partial charge on any atom is -0.328 e. The topological polar surface area (TPSA) is 56.7 Å². The van der Waals surface area contributed by atoms with Gasteiger partial charge in [0.05, 0.1) is 0 Å². The van der Waals surface area contributed by atoms with E-state index in [2.05, 4.69) is 14.8 Å². The second-order valence-electron chi connectivity index (χ2n) is 3.03. The second-order valence-corrected chi connectivity index (χ2v) is 3.03. The fraction of sp³-hybridized carbons (Fsp3) is 0.714. The molecular formula is C7H12N4. The maximum absolute atomic E-state index is 5.81. The summed E-state index contributed by atoms with van der Waals surface area (Å²) in [6.07, 6.45) is 4.85. The van der Waals surface area contributed by atoms with Gasteiger partial charge < -0.3 is 10.3 Å². The lowest BCUT2D eigenvalue weighted by Gasteiger charge is -2.04. The fourth-order valence-corrected chi connectivity index (χ4v) is 1.42. The molecule has 0 bridgehead atoms. The van der Waals surface area contributed by atoms with Crippen LogP contribution in [0, 0.1) is 0 Å². The normalized spacial score (nSPS) is 24.3. The molecule has 4 heteroatoms. The molecule has 0 saturated heterocycles. The lowest BCUT2D eigenvalue weighted by molar-refractivity contribution is 0.553. The zero-order valence-electron chi connectivity index (χ0n) is 6.40. The molecule has 0 radical (unpaired) electrons. The van der Waals surface area contributed by atoms with Crippen LogP contribution in [0.2, 0.25) is 0 Å². The number of nitrogens with zero attached hydrogens (tertiary/aromatic N) is 3. The van der Waals surface area contributed by atoms with Crippen molar-refractivity contribution >= 4 is 0 Å². The predicted molar refractivity (Wildman–Crippen MR) is 40.9 cm³/mol. The monoisotopic (exact) mass is 152 g/mol. The number of fused-ring (bicyclic) bond motifs is 1. The number of aromatic nitrogens is 3. The lowest BCUT2D eigenvalue weighted by Crippen LogP contribution is -2.19. The molecule has 11 heavy (non-hydrogen) atoms. The zero-order valence-corrected chi connectivity index (χ0v) is 6.40. The Kier molecular flexibility index (Phi) is 1.62. The minimum atomic E-state index is 0.344. The van der Waals surface area contributed by atoms with Gasteiger partial charge in [-0.2, -0.15) is 0 Å². The van der Waals surface area contributed by atoms with Crippen molar-refractivity contribution in [3.8, 4) is 0 Å². The summed E-state index contributed by atoms with van der Waals surface area (Å²) in [5, 5.41) is 7.85. The second kappa shape index (κ2) is 2.62. The van der Waals surface area contributed by atoms with Gasteiger partial charge in [0.2, 0.25) is 0 Å². The van der Waals surface area contributed by atoms with Gasteiger partial charge in [0.25, 0.3) is 0 Å². The van der Waals surface area contributed by atoms with Gasteiger partial charge in [0, 0.05) is 19.0 Å². The molecule has 0 aliphatic carbocycles. The molecule has 2 heterocycles. The molecule has 1 aromatic heterocycles. The predicted octanol–water partition coefficient (Wildman–Crippen LogP) is -0.0583. The van der Waals surface area contributed by atoms with Crippen molar-refractivity contribution < 1.29 is 0 Å². The summed E-state index contributed by atoms with van der Waals surface area (Å²) >= 11 is 0. The Morgan fingerprint density at radius 2 is 2.45 bits per heavy atom. The van der Waals surface area contributed by atoms with Gasteiger partial charge in [-0.05, 0) is 12.8 Å². The minimum absolute atomic E-state index is 0.344. The third kappa shape index (κ3) is 1.26. The highest BCUT2D eigenvalue weighted by Gasteiger charge is 2.12. The van der Waals surface area contributed by atoms with E-state index < -0.39 is 0 Å². The van der Waals surface area contributed by atoms with Gasteiger partial charge in [-0.1, -0.05) is 0 Å². The van der Waals surface area contributed by atoms with E-state index >= 15 is 0 Å². The molecular weight excluding hydrogens is 140 g/mol. The number of rotatable bonds is 0. The van der Waals surface area contributed by atoms with Crippen LogP contribution in [0.15, 0.2) is 6.33 Å². The van der Waals surface area contributed by atoms with Crippen LogP contribution in [0.1, 0.15) is 18.7 Å². The van der Waals surface area contributed by atoms with E-state index in [9.17, 15) is 0 Å². The van der Waals surface area contributed by atoms with E-state index in [0.29, 0.717) is 6.04 Å². The largest absolute Gasteiger partial charge is 0.328 e. The Balaban J connectivity index is 2.20. The lowest BCUT2D eigenvalue weighted by atomic mass is 10.1. The Hall–Kier alpha value is -0.900. The van der Waals surface area contributed by atoms with Crippen molar-refractivity contribution in [2.24, 2.45) is 5.73 Å². The Labute approximate surface area is 65.4 Å². The third-order valence-corrected chi connectivity index (χ3v) is 2.18. The fourth-order valence-electron chi connectivity index (χ4n) is 1.42. The Bertz CT molecular complexity index is 220. The third-order valence-electron chi connectivity index (χ3n) is 2.18. The van der Waals surface area contributed by atoms with Gasteiger partial charge in [-0.25, -0.2) is 0 Å². The average molecular weight is 152 g/mol. The molecule has 4 nitrogen and oxygen atoms in total. The van der Waals surface area contributed by atoms with Gasteiger partial charge in [0.15, 0.2) is 0 Å². The smallest absolute Gasteiger partial charge is 0.132 e. The van der Waals surface area contributed by atoms with Gasteiger partial charge >= 0.3 is 0 Å². The SMILES string of the molecule is NC1CCc2nncn2CC1. The zero-order chi connectivity index (χ0) is 7.68. The first-order chi connectivity index (χ1) is 5.36. The summed E-state index contributed by atoms with van der Waals surface area (Å²) in [7, 11) is 0. The molecule has 0 saturated carbocycles. The molecule has 0 aromatic carbocycles. The number of aryl methyl sites for hydroxylation is 2. The standard InChI is InChI=1S/C7H12N4/c8-6-1-2-7-10-9-5-11(7)4-3-6/h5-6H,1-4,8H2. The number of hydrogen-bond acceptors (Lipinski definition) is 3. The van der Waals surface area contributed by atoms with E-state index in [1.807, 2.05) is 0 Å². The van der Waals surface area contributed by atoms with E-state index in [0.717, 1.165) is 31.6 Å². The quantitative estimate of drug-likeness (QED) is 0.566. The highest BCUT2D eigenvalue weighted by Crippen LogP contribution is 2.10. The van der Waals surface area contributed by atoms with Crippen molar-refractivity contribution in [1.29, 1.82) is 0 Å². The molecule has 0 spiro atoms. The summed E-state index contributed by atoms with van der Waals surface area (Å²) in [5.41, 5.74) is 5.81. The molecule has 0 amide bonds. The Morgan fingerprint density at radius 1 is 1.55 bits per heavy atom. The van der Waals surface area contributed by atoms with E-state index in [-0.39, 0.29) is 0 Å². The van der Waals surface area contributed by atoms with Crippen LogP contribution in [0.4, 0.5) is 0 Å². The number of nitrogens with two attached hydrogens (primary N) is 1. The molecule has 1 atom stereocenters. The van der Waals surface area contributed by atoms with Crippen molar-refractivity contribution in [3.63, 3.8) is 0 Å². The molecule has 1 aliphatic heterocycles. The molecule has 2 rings (SSSR count). The summed E-state index contributed by atoms with van der Waals surface area (Å²) in [5.74, 6) is 1.08. The van der Waals surface area contributed by atoms with Crippen LogP contribution in [-0.2, 0) is 13.0 Å². The van der Waals surface area contributed by atoms with Crippen LogP contribution in [0.25, 0.3) is 0 Å². The van der Waals surface area contributed by atoms with Gasteiger partial charge in [-0.15, -0.1) is 10.2 Å². The first-order valence-electron chi connectivity index (χ1n) is 3.98. The number of hydrogen-bond donors (Lipinski definition) is 1. The molecule has 60 valence electrons. The van der Waals surface area contributed by atoms with Gasteiger partial charge in [0.1, 0.15) is 12.2 Å². The highest BCUT2D eigenvalue weighted by molar-refractivity contribution is 4.90. The maximum Gasteiger partial charge on any atom is 0.132 e. The molecule has 0 fully saturated rings. The first-order valence-corrected chi connectivity index (χ1v) is 3.98. The Morgan fingerprint density at radius 3 is 3.36 bits per heavy atom. The average Bonchev–Trinajstić information content (AvgIpc) is 2.38. The summed E-state index contributed by atoms with van der Waals surface area (Å²) in [4.78, 5) is 0. The van der Waals surface area contributed by atoms with Crippen LogP contribution in [0.5, 0.6) is 0 Å². The van der Waals surface area contributed by atoms with Crippen molar-refractivity contribution in [1.82, 2.24) is 14.8 Å². The summed E-state index contributed by atoms with van der Waals surface area (Å²) in [6.45, 7) is 0.976. The van der Waals surface area contributed by atoms with Crippen molar-refractivity contribution in [2.75, 3.05) is 0 Å². The van der Waals surface area contributed by atoms with Crippen molar-refractivity contribution in [2.45, 2.75) is 31.8 Å². The maximum atomic E-state index is 5.81. The highest BCUT2D eigenvalue weighted by atomic mass is 15.3. The summed E-state index contributed by atoms with van der Waals surface area (Å²) < 4.78 is 2.09. The van der Waals surface area contributed by atoms with E-state index in [4.69, 9.17) is 5.73 Å². The molecule has 1 aliphatic rings. The molecule has 2 N–H and O–H groups in total. The van der Waals surface area contributed by atoms with E-state index in [1.165, 1.54) is 0 Å². The summed E-state index contributed by atoms with van der Waals surface area (Å²) in [6, 6.07) is 0.344. The van der Waals surface area contributed by atoms with Crippen LogP contribution < -0.4 is 5.73 Å². The first kappa shape index (κ1) is 6.79. The van der Waals surface area contributed by atoms with Crippen LogP contribution >= 0.6 is 0 Å². The van der Waals surface area contributed by atoms with Crippen molar-refractivity contribution in [3.05, 3.63) is 12.2 Å². The van der Waals surface area contributed by atoms with Gasteiger partial charge in [-0.3, -0.25) is 0 Å². The van der Waals surface area contributed by atoms with E-state index in [1.54, 1.807) is 6.33 Å².